The van der Waals surface area contributed by atoms with Crippen LogP contribution in [0.15, 0.2) is 18.2 Å². The van der Waals surface area contributed by atoms with Gasteiger partial charge in [-0.05, 0) is 37.5 Å². The molecule has 0 radical (unpaired) electrons. The maximum Gasteiger partial charge on any atom is 0.320 e. The standard InChI is InChI=1S/C16H25NO4/c1-5-20-13-8-7-12(9-14(13)21-6-2)10-17-15(11(3)4)16(18)19/h7-9,11,15,17H,5-6,10H2,1-4H3,(H,18,19). The molecule has 0 aliphatic carbocycles. The van der Waals surface area contributed by atoms with E-state index in [1.54, 1.807) is 0 Å². The molecule has 1 rings (SSSR count). The second kappa shape index (κ2) is 8.52. The summed E-state index contributed by atoms with van der Waals surface area (Å²) >= 11 is 0. The number of carboxylic acids is 1. The molecule has 2 N–H and O–H groups in total. The Labute approximate surface area is 126 Å². The van der Waals surface area contributed by atoms with Gasteiger partial charge in [0, 0.05) is 6.54 Å². The van der Waals surface area contributed by atoms with Crippen LogP contribution in [0.4, 0.5) is 0 Å². The highest BCUT2D eigenvalue weighted by Gasteiger charge is 2.20. The zero-order valence-electron chi connectivity index (χ0n) is 13.2. The first kappa shape index (κ1) is 17.3. The summed E-state index contributed by atoms with van der Waals surface area (Å²) in [6.45, 7) is 9.21. The highest BCUT2D eigenvalue weighted by atomic mass is 16.5. The lowest BCUT2D eigenvalue weighted by molar-refractivity contribution is -0.140. The molecule has 0 heterocycles. The normalized spacial score (nSPS) is 12.2. The minimum atomic E-state index is -0.832. The van der Waals surface area contributed by atoms with Crippen molar-refractivity contribution in [3.63, 3.8) is 0 Å². The van der Waals surface area contributed by atoms with Crippen molar-refractivity contribution in [2.45, 2.75) is 40.3 Å². The van der Waals surface area contributed by atoms with Gasteiger partial charge >= 0.3 is 5.97 Å². The van der Waals surface area contributed by atoms with Crippen LogP contribution in [0.25, 0.3) is 0 Å². The highest BCUT2D eigenvalue weighted by Crippen LogP contribution is 2.28. The molecule has 0 amide bonds. The van der Waals surface area contributed by atoms with Gasteiger partial charge in [0.1, 0.15) is 6.04 Å². The van der Waals surface area contributed by atoms with Gasteiger partial charge in [0.15, 0.2) is 11.5 Å². The fourth-order valence-corrected chi connectivity index (χ4v) is 2.04. The molecule has 1 atom stereocenters. The average Bonchev–Trinajstić information content (AvgIpc) is 2.41. The van der Waals surface area contributed by atoms with Crippen LogP contribution in [0.5, 0.6) is 11.5 Å². The number of aliphatic carboxylic acids is 1. The Kier molecular flexibility index (Phi) is 7.02. The number of hydrogen-bond donors (Lipinski definition) is 2. The molecule has 0 fully saturated rings. The minimum Gasteiger partial charge on any atom is -0.490 e. The van der Waals surface area contributed by atoms with E-state index in [4.69, 9.17) is 14.6 Å². The predicted octanol–water partition coefficient (Wildman–Crippen LogP) is 2.68. The van der Waals surface area contributed by atoms with E-state index >= 15 is 0 Å². The molecule has 0 aliphatic heterocycles. The largest absolute Gasteiger partial charge is 0.490 e. The lowest BCUT2D eigenvalue weighted by atomic mass is 10.0. The fraction of sp³-hybridized carbons (Fsp3) is 0.562. The van der Waals surface area contributed by atoms with Gasteiger partial charge in [0.05, 0.1) is 13.2 Å². The van der Waals surface area contributed by atoms with Crippen LogP contribution in [0.1, 0.15) is 33.3 Å². The van der Waals surface area contributed by atoms with Crippen molar-refractivity contribution >= 4 is 5.97 Å². The highest BCUT2D eigenvalue weighted by molar-refractivity contribution is 5.73. The lowest BCUT2D eigenvalue weighted by Gasteiger charge is -2.18. The second-order valence-electron chi connectivity index (χ2n) is 5.09. The van der Waals surface area contributed by atoms with E-state index in [1.807, 2.05) is 45.9 Å². The Morgan fingerprint density at radius 3 is 2.33 bits per heavy atom. The molecule has 1 aromatic rings. The summed E-state index contributed by atoms with van der Waals surface area (Å²) in [5.41, 5.74) is 0.966. The fourth-order valence-electron chi connectivity index (χ4n) is 2.04. The zero-order valence-corrected chi connectivity index (χ0v) is 13.2. The van der Waals surface area contributed by atoms with Crippen molar-refractivity contribution in [1.82, 2.24) is 5.32 Å². The maximum atomic E-state index is 11.2. The molecule has 118 valence electrons. The number of carbonyl (C=O) groups is 1. The molecule has 0 saturated heterocycles. The lowest BCUT2D eigenvalue weighted by Crippen LogP contribution is -2.40. The van der Waals surface area contributed by atoms with Crippen LogP contribution in [-0.4, -0.2) is 30.3 Å². The van der Waals surface area contributed by atoms with Crippen molar-refractivity contribution in [2.24, 2.45) is 5.92 Å². The third-order valence-electron chi connectivity index (χ3n) is 3.07. The number of benzene rings is 1. The summed E-state index contributed by atoms with van der Waals surface area (Å²) in [5, 5.41) is 12.2. The van der Waals surface area contributed by atoms with Gasteiger partial charge in [0.2, 0.25) is 0 Å². The smallest absolute Gasteiger partial charge is 0.320 e. The zero-order chi connectivity index (χ0) is 15.8. The summed E-state index contributed by atoms with van der Waals surface area (Å²) in [6.07, 6.45) is 0. The van der Waals surface area contributed by atoms with Crippen LogP contribution in [-0.2, 0) is 11.3 Å². The second-order valence-corrected chi connectivity index (χ2v) is 5.09. The van der Waals surface area contributed by atoms with Gasteiger partial charge in [-0.1, -0.05) is 19.9 Å². The first-order valence-electron chi connectivity index (χ1n) is 7.34. The Hall–Kier alpha value is -1.75. The number of carboxylic acid groups (broad SMARTS) is 1. The third-order valence-corrected chi connectivity index (χ3v) is 3.07. The Morgan fingerprint density at radius 2 is 1.81 bits per heavy atom. The molecule has 1 aromatic carbocycles. The molecule has 5 heteroatoms. The first-order valence-corrected chi connectivity index (χ1v) is 7.34. The van der Waals surface area contributed by atoms with E-state index < -0.39 is 12.0 Å². The Bertz CT molecular complexity index is 460. The molecule has 1 unspecified atom stereocenters. The molecule has 0 bridgehead atoms. The van der Waals surface area contributed by atoms with Gasteiger partial charge in [-0.3, -0.25) is 4.79 Å². The summed E-state index contributed by atoms with van der Waals surface area (Å²) in [4.78, 5) is 11.2. The summed E-state index contributed by atoms with van der Waals surface area (Å²) < 4.78 is 11.1. The monoisotopic (exact) mass is 295 g/mol. The van der Waals surface area contributed by atoms with E-state index in [2.05, 4.69) is 5.32 Å². The van der Waals surface area contributed by atoms with Crippen LogP contribution in [0.2, 0.25) is 0 Å². The van der Waals surface area contributed by atoms with Crippen LogP contribution in [0, 0.1) is 5.92 Å². The van der Waals surface area contributed by atoms with Gasteiger partial charge in [-0.25, -0.2) is 0 Å². The quantitative estimate of drug-likeness (QED) is 0.733. The van der Waals surface area contributed by atoms with Crippen molar-refractivity contribution in [3.8, 4) is 11.5 Å². The van der Waals surface area contributed by atoms with Crippen molar-refractivity contribution < 1.29 is 19.4 Å². The molecule has 5 nitrogen and oxygen atoms in total. The van der Waals surface area contributed by atoms with Crippen LogP contribution >= 0.6 is 0 Å². The van der Waals surface area contributed by atoms with Gasteiger partial charge < -0.3 is 19.9 Å². The molecule has 0 saturated carbocycles. The van der Waals surface area contributed by atoms with Crippen molar-refractivity contribution in [2.75, 3.05) is 13.2 Å². The van der Waals surface area contributed by atoms with Crippen LogP contribution < -0.4 is 14.8 Å². The van der Waals surface area contributed by atoms with Crippen molar-refractivity contribution in [1.29, 1.82) is 0 Å². The van der Waals surface area contributed by atoms with Gasteiger partial charge in [-0.2, -0.15) is 0 Å². The molecule has 0 aliphatic rings. The molecule has 0 aromatic heterocycles. The van der Waals surface area contributed by atoms with Gasteiger partial charge in [-0.15, -0.1) is 0 Å². The predicted molar refractivity (Wildman–Crippen MR) is 81.9 cm³/mol. The average molecular weight is 295 g/mol. The molecular weight excluding hydrogens is 270 g/mol. The summed E-state index contributed by atoms with van der Waals surface area (Å²) in [5.74, 6) is 0.592. The number of nitrogens with one attached hydrogen (secondary N) is 1. The topological polar surface area (TPSA) is 67.8 Å². The number of rotatable bonds is 9. The maximum absolute atomic E-state index is 11.2. The number of ether oxygens (including phenoxy) is 2. The Morgan fingerprint density at radius 1 is 1.19 bits per heavy atom. The summed E-state index contributed by atoms with van der Waals surface area (Å²) in [7, 11) is 0. The Balaban J connectivity index is 2.79. The van der Waals surface area contributed by atoms with E-state index in [-0.39, 0.29) is 5.92 Å². The summed E-state index contributed by atoms with van der Waals surface area (Å²) in [6, 6.07) is 5.10. The first-order chi connectivity index (χ1) is 9.99. The molecule has 21 heavy (non-hydrogen) atoms. The molecular formula is C16H25NO4. The van der Waals surface area contributed by atoms with E-state index in [0.717, 1.165) is 5.56 Å². The third kappa shape index (κ3) is 5.27. The molecule has 0 spiro atoms. The van der Waals surface area contributed by atoms with E-state index in [9.17, 15) is 4.79 Å². The SMILES string of the molecule is CCOc1ccc(CNC(C(=O)O)C(C)C)cc1OCC. The van der Waals surface area contributed by atoms with E-state index in [0.29, 0.717) is 31.3 Å². The van der Waals surface area contributed by atoms with Crippen LogP contribution in [0.3, 0.4) is 0 Å². The van der Waals surface area contributed by atoms with Gasteiger partial charge in [0.25, 0.3) is 0 Å². The van der Waals surface area contributed by atoms with E-state index in [1.165, 1.54) is 0 Å². The number of hydrogen-bond acceptors (Lipinski definition) is 4. The minimum absolute atomic E-state index is 0.0246. The van der Waals surface area contributed by atoms with Crippen molar-refractivity contribution in [3.05, 3.63) is 23.8 Å².